The summed E-state index contributed by atoms with van der Waals surface area (Å²) < 4.78 is 17.3. The molecule has 1 aromatic carbocycles. The molecule has 1 atom stereocenters. The highest BCUT2D eigenvalue weighted by molar-refractivity contribution is 5.88. The van der Waals surface area contributed by atoms with Crippen LogP contribution in [-0.4, -0.2) is 29.0 Å². The molecule has 148 valence electrons. The number of aliphatic hydroxyl groups excluding tert-OH is 1. The van der Waals surface area contributed by atoms with Crippen LogP contribution in [-0.2, 0) is 19.4 Å². The minimum absolute atomic E-state index is 0.174. The lowest BCUT2D eigenvalue weighted by molar-refractivity contribution is -0.0229. The lowest BCUT2D eigenvalue weighted by Crippen LogP contribution is -2.39. The number of benzene rings is 1. The van der Waals surface area contributed by atoms with Crippen molar-refractivity contribution >= 4 is 11.0 Å². The van der Waals surface area contributed by atoms with Crippen LogP contribution < -0.4 is 14.9 Å². The van der Waals surface area contributed by atoms with Gasteiger partial charge in [0.05, 0.1) is 12.7 Å². The van der Waals surface area contributed by atoms with Crippen LogP contribution in [0.3, 0.4) is 0 Å². The highest BCUT2D eigenvalue weighted by Gasteiger charge is 2.38. The number of rotatable bonds is 6. The van der Waals surface area contributed by atoms with E-state index in [9.17, 15) is 15.0 Å². The van der Waals surface area contributed by atoms with E-state index >= 15 is 0 Å². The monoisotopic (exact) mass is 376 g/mol. The third-order valence-electron chi connectivity index (χ3n) is 5.14. The van der Waals surface area contributed by atoms with E-state index in [2.05, 4.69) is 13.8 Å². The molecule has 6 heteroatoms. The maximum Gasteiger partial charge on any atom is 0.200 e. The molecule has 3 rings (SSSR count). The van der Waals surface area contributed by atoms with Crippen molar-refractivity contribution in [1.29, 1.82) is 0 Å². The van der Waals surface area contributed by atoms with Gasteiger partial charge in [0.15, 0.2) is 5.43 Å². The normalized spacial score (nSPS) is 16.7. The Morgan fingerprint density at radius 3 is 2.63 bits per heavy atom. The molecule has 0 bridgehead atoms. The van der Waals surface area contributed by atoms with Crippen LogP contribution in [0, 0.1) is 5.92 Å². The van der Waals surface area contributed by atoms with Crippen LogP contribution in [0.25, 0.3) is 11.0 Å². The molecule has 1 unspecified atom stereocenters. The van der Waals surface area contributed by atoms with Crippen molar-refractivity contribution in [1.82, 2.24) is 0 Å². The van der Waals surface area contributed by atoms with E-state index in [0.717, 1.165) is 12.0 Å². The molecule has 0 saturated heterocycles. The Labute approximate surface area is 158 Å². The molecular weight excluding hydrogens is 348 g/mol. The second kappa shape index (κ2) is 7.17. The minimum atomic E-state index is -1.04. The van der Waals surface area contributed by atoms with Gasteiger partial charge in [-0.2, -0.15) is 0 Å². The molecule has 1 aromatic heterocycles. The Kier molecular flexibility index (Phi) is 5.23. The highest BCUT2D eigenvalue weighted by atomic mass is 16.5. The summed E-state index contributed by atoms with van der Waals surface area (Å²) >= 11 is 0. The van der Waals surface area contributed by atoms with E-state index in [0.29, 0.717) is 46.8 Å². The molecule has 2 N–H and O–H groups in total. The molecule has 1 aliphatic rings. The van der Waals surface area contributed by atoms with E-state index in [1.54, 1.807) is 19.9 Å². The maximum absolute atomic E-state index is 13.2. The van der Waals surface area contributed by atoms with Crippen LogP contribution in [0.15, 0.2) is 15.3 Å². The van der Waals surface area contributed by atoms with Crippen LogP contribution in [0.5, 0.6) is 11.5 Å². The fourth-order valence-corrected chi connectivity index (χ4v) is 3.53. The minimum Gasteiger partial charge on any atom is -0.495 e. The first-order chi connectivity index (χ1) is 12.7. The van der Waals surface area contributed by atoms with Crippen LogP contribution >= 0.6 is 0 Å². The van der Waals surface area contributed by atoms with E-state index in [1.807, 2.05) is 0 Å². The highest BCUT2D eigenvalue weighted by Crippen LogP contribution is 2.43. The third kappa shape index (κ3) is 3.56. The van der Waals surface area contributed by atoms with Gasteiger partial charge in [0, 0.05) is 23.6 Å². The predicted octanol–water partition coefficient (Wildman–Crippen LogP) is 2.96. The molecule has 1 aliphatic heterocycles. The Morgan fingerprint density at radius 1 is 1.37 bits per heavy atom. The van der Waals surface area contributed by atoms with Crippen LogP contribution in [0.1, 0.15) is 51.0 Å². The Balaban J connectivity index is 2.21. The summed E-state index contributed by atoms with van der Waals surface area (Å²) in [4.78, 5) is 13.2. The number of aliphatic hydroxyl groups is 2. The summed E-state index contributed by atoms with van der Waals surface area (Å²) in [6.07, 6.45) is 1.36. The van der Waals surface area contributed by atoms with Crippen molar-refractivity contribution in [2.75, 3.05) is 7.11 Å². The van der Waals surface area contributed by atoms with Crippen molar-refractivity contribution < 1.29 is 24.1 Å². The molecule has 0 amide bonds. The lowest BCUT2D eigenvalue weighted by Gasteiger charge is -2.24. The van der Waals surface area contributed by atoms with Gasteiger partial charge in [-0.05, 0) is 32.6 Å². The van der Waals surface area contributed by atoms with Crippen molar-refractivity contribution in [3.8, 4) is 11.5 Å². The van der Waals surface area contributed by atoms with Crippen molar-refractivity contribution in [3.05, 3.63) is 33.2 Å². The fraction of sp³-hybridized carbons (Fsp3) is 0.571. The molecule has 0 radical (unpaired) electrons. The van der Waals surface area contributed by atoms with Gasteiger partial charge in [-0.15, -0.1) is 0 Å². The van der Waals surface area contributed by atoms with E-state index < -0.39 is 11.7 Å². The molecular formula is C21H28O6. The summed E-state index contributed by atoms with van der Waals surface area (Å²) in [7, 11) is 1.51. The second-order valence-corrected chi connectivity index (χ2v) is 8.15. The van der Waals surface area contributed by atoms with Gasteiger partial charge in [0.1, 0.15) is 40.9 Å². The standard InChI is InChI=1S/C21H28O6/c1-11(2)6-7-12-16(10-22)26-15-9-14-13(8-17(27-14)21(3,4)24)20(25-5)18(15)19(12)23/h9,11,17,22,24H,6-8,10H2,1-5H3. The zero-order chi connectivity index (χ0) is 19.9. The van der Waals surface area contributed by atoms with E-state index in [1.165, 1.54) is 7.11 Å². The smallest absolute Gasteiger partial charge is 0.200 e. The van der Waals surface area contributed by atoms with Gasteiger partial charge in [-0.1, -0.05) is 13.8 Å². The summed E-state index contributed by atoms with van der Waals surface area (Å²) in [6.45, 7) is 7.21. The average molecular weight is 376 g/mol. The first-order valence-electron chi connectivity index (χ1n) is 9.35. The Bertz CT molecular complexity index is 904. The summed E-state index contributed by atoms with van der Waals surface area (Å²) in [5.41, 5.74) is 0.370. The Hall–Kier alpha value is -2.05. The van der Waals surface area contributed by atoms with Crippen molar-refractivity contribution in [2.45, 2.75) is 65.3 Å². The SMILES string of the molecule is COc1c2c(cc3oc(CO)c(CCC(C)C)c(=O)c13)OC(C(C)(C)O)C2. The molecule has 6 nitrogen and oxygen atoms in total. The van der Waals surface area contributed by atoms with Crippen LogP contribution in [0.4, 0.5) is 0 Å². The van der Waals surface area contributed by atoms with Gasteiger partial charge >= 0.3 is 0 Å². The molecule has 2 heterocycles. The summed E-state index contributed by atoms with van der Waals surface area (Å²) in [5, 5.41) is 20.4. The molecule has 0 saturated carbocycles. The molecule has 0 aliphatic carbocycles. The van der Waals surface area contributed by atoms with Crippen molar-refractivity contribution in [3.63, 3.8) is 0 Å². The van der Waals surface area contributed by atoms with Crippen LogP contribution in [0.2, 0.25) is 0 Å². The molecule has 0 fully saturated rings. The number of methoxy groups -OCH3 is 1. The molecule has 27 heavy (non-hydrogen) atoms. The summed E-state index contributed by atoms with van der Waals surface area (Å²) in [5.74, 6) is 1.67. The zero-order valence-electron chi connectivity index (χ0n) is 16.6. The topological polar surface area (TPSA) is 89.1 Å². The van der Waals surface area contributed by atoms with Crippen molar-refractivity contribution in [2.24, 2.45) is 5.92 Å². The zero-order valence-corrected chi connectivity index (χ0v) is 16.6. The number of fused-ring (bicyclic) bond motifs is 2. The quantitative estimate of drug-likeness (QED) is 0.806. The largest absolute Gasteiger partial charge is 0.495 e. The Morgan fingerprint density at radius 2 is 2.07 bits per heavy atom. The lowest BCUT2D eigenvalue weighted by atomic mass is 9.95. The van der Waals surface area contributed by atoms with E-state index in [-0.39, 0.29) is 17.8 Å². The van der Waals surface area contributed by atoms with Gasteiger partial charge in [0.2, 0.25) is 0 Å². The predicted molar refractivity (Wildman–Crippen MR) is 103 cm³/mol. The van der Waals surface area contributed by atoms with Gasteiger partial charge in [0.25, 0.3) is 0 Å². The first kappa shape index (κ1) is 19.7. The maximum atomic E-state index is 13.2. The number of ether oxygens (including phenoxy) is 2. The average Bonchev–Trinajstić information content (AvgIpc) is 3.02. The summed E-state index contributed by atoms with van der Waals surface area (Å²) in [6, 6.07) is 1.66. The van der Waals surface area contributed by atoms with Gasteiger partial charge in [-0.25, -0.2) is 0 Å². The fourth-order valence-electron chi connectivity index (χ4n) is 3.53. The van der Waals surface area contributed by atoms with E-state index in [4.69, 9.17) is 13.9 Å². The number of hydrogen-bond acceptors (Lipinski definition) is 6. The molecule has 0 spiro atoms. The third-order valence-corrected chi connectivity index (χ3v) is 5.14. The second-order valence-electron chi connectivity index (χ2n) is 8.15. The number of hydrogen-bond donors (Lipinski definition) is 2. The molecule has 2 aromatic rings. The first-order valence-corrected chi connectivity index (χ1v) is 9.35. The van der Waals surface area contributed by atoms with Gasteiger partial charge in [-0.3, -0.25) is 4.79 Å². The van der Waals surface area contributed by atoms with Gasteiger partial charge < -0.3 is 24.1 Å².